The van der Waals surface area contributed by atoms with Gasteiger partial charge in [-0.1, -0.05) is 50.7 Å². The van der Waals surface area contributed by atoms with E-state index in [-0.39, 0.29) is 12.2 Å². The Labute approximate surface area is 134 Å². The second-order valence-electron chi connectivity index (χ2n) is 3.96. The quantitative estimate of drug-likeness (QED) is 0.614. The lowest BCUT2D eigenvalue weighted by molar-refractivity contribution is 0.0992. The summed E-state index contributed by atoms with van der Waals surface area (Å²) < 4.78 is 0.708. The van der Waals surface area contributed by atoms with E-state index in [1.54, 1.807) is 36.4 Å². The van der Waals surface area contributed by atoms with Crippen molar-refractivity contribution in [2.24, 2.45) is 0 Å². The summed E-state index contributed by atoms with van der Waals surface area (Å²) in [6.45, 7) is 0. The minimum Gasteiger partial charge on any atom is -0.294 e. The van der Waals surface area contributed by atoms with Gasteiger partial charge in [-0.15, -0.1) is 0 Å². The molecule has 0 unspecified atom stereocenters. The van der Waals surface area contributed by atoms with Crippen LogP contribution in [0.25, 0.3) is 0 Å². The maximum absolute atomic E-state index is 12.3. The third-order valence-corrected chi connectivity index (χ3v) is 4.12. The Kier molecular flexibility index (Phi) is 4.91. The van der Waals surface area contributed by atoms with Crippen molar-refractivity contribution in [2.75, 3.05) is 0 Å². The zero-order valence-electron chi connectivity index (χ0n) is 9.59. The molecule has 0 saturated carbocycles. The highest BCUT2D eigenvalue weighted by Crippen LogP contribution is 2.26. The van der Waals surface area contributed by atoms with Crippen LogP contribution in [0.5, 0.6) is 0 Å². The molecule has 0 aliphatic carbocycles. The second-order valence-corrected chi connectivity index (χ2v) is 6.09. The summed E-state index contributed by atoms with van der Waals surface area (Å²) in [5.74, 6) is -0.0708. The lowest BCUT2D eigenvalue weighted by Gasteiger charge is -2.07. The average molecular weight is 378 g/mol. The van der Waals surface area contributed by atoms with Crippen molar-refractivity contribution in [3.05, 3.63) is 67.1 Å². The van der Waals surface area contributed by atoms with E-state index in [9.17, 15) is 4.79 Å². The van der Waals surface area contributed by atoms with E-state index >= 15 is 0 Å². The zero-order valence-corrected chi connectivity index (χ0v) is 13.4. The largest absolute Gasteiger partial charge is 0.294 e. The molecule has 2 aromatic carbocycles. The van der Waals surface area contributed by atoms with Crippen LogP contribution in [-0.2, 0) is 6.42 Å². The lowest BCUT2D eigenvalue weighted by atomic mass is 10.0. The average Bonchev–Trinajstić information content (AvgIpc) is 2.36. The number of halogens is 4. The molecule has 0 atom stereocenters. The molecular weight excluding hydrogens is 370 g/mol. The topological polar surface area (TPSA) is 17.1 Å². The minimum absolute atomic E-state index is 0.0708. The van der Waals surface area contributed by atoms with E-state index in [4.69, 9.17) is 34.8 Å². The molecule has 0 fully saturated rings. The fourth-order valence-corrected chi connectivity index (χ4v) is 2.68. The fourth-order valence-electron chi connectivity index (χ4n) is 1.66. The van der Waals surface area contributed by atoms with Crippen molar-refractivity contribution in [2.45, 2.75) is 6.42 Å². The first-order valence-corrected chi connectivity index (χ1v) is 7.32. The number of benzene rings is 2. The van der Waals surface area contributed by atoms with Gasteiger partial charge in [0.2, 0.25) is 0 Å². The highest BCUT2D eigenvalue weighted by molar-refractivity contribution is 9.10. The summed E-state index contributed by atoms with van der Waals surface area (Å²) in [5, 5.41) is 1.59. The molecule has 5 heteroatoms. The van der Waals surface area contributed by atoms with Crippen molar-refractivity contribution in [1.82, 2.24) is 0 Å². The van der Waals surface area contributed by atoms with E-state index in [1.807, 2.05) is 0 Å². The number of hydrogen-bond acceptors (Lipinski definition) is 1. The molecule has 0 radical (unpaired) electrons. The predicted octanol–water partition coefficient (Wildman–Crippen LogP) is 5.83. The number of carbonyl (C=O) groups is 1. The standard InChI is InChI=1S/C14H8BrCl3O/c15-12-3-1-10(17)7-11(12)14(19)6-8-5-9(16)2-4-13(8)18/h1-5,7H,6H2. The van der Waals surface area contributed by atoms with Crippen LogP contribution in [0, 0.1) is 0 Å². The Balaban J connectivity index is 2.30. The van der Waals surface area contributed by atoms with Gasteiger partial charge in [0.1, 0.15) is 0 Å². The van der Waals surface area contributed by atoms with Crippen LogP contribution in [0.3, 0.4) is 0 Å². The van der Waals surface area contributed by atoms with Crippen molar-refractivity contribution in [1.29, 1.82) is 0 Å². The number of hydrogen-bond donors (Lipinski definition) is 0. The normalized spacial score (nSPS) is 10.5. The summed E-state index contributed by atoms with van der Waals surface area (Å²) >= 11 is 21.2. The Hall–Kier alpha value is -0.540. The molecule has 0 aliphatic heterocycles. The molecular formula is C14H8BrCl3O. The SMILES string of the molecule is O=C(Cc1cc(Cl)ccc1Cl)c1cc(Cl)ccc1Br. The minimum atomic E-state index is -0.0708. The Morgan fingerprint density at radius 1 is 1.00 bits per heavy atom. The smallest absolute Gasteiger partial charge is 0.168 e. The first-order chi connectivity index (χ1) is 8.97. The van der Waals surface area contributed by atoms with E-state index in [2.05, 4.69) is 15.9 Å². The van der Waals surface area contributed by atoms with E-state index in [0.717, 1.165) is 0 Å². The first kappa shape index (κ1) is 14.9. The van der Waals surface area contributed by atoms with Gasteiger partial charge in [0.05, 0.1) is 0 Å². The van der Waals surface area contributed by atoms with Gasteiger partial charge >= 0.3 is 0 Å². The van der Waals surface area contributed by atoms with Crippen LogP contribution < -0.4 is 0 Å². The molecule has 0 spiro atoms. The van der Waals surface area contributed by atoms with Crippen LogP contribution in [-0.4, -0.2) is 5.78 Å². The molecule has 0 aliphatic rings. The van der Waals surface area contributed by atoms with Gasteiger partial charge in [-0.2, -0.15) is 0 Å². The van der Waals surface area contributed by atoms with Crippen molar-refractivity contribution in [3.8, 4) is 0 Å². The monoisotopic (exact) mass is 376 g/mol. The van der Waals surface area contributed by atoms with E-state index in [1.165, 1.54) is 0 Å². The third-order valence-electron chi connectivity index (χ3n) is 2.59. The summed E-state index contributed by atoms with van der Waals surface area (Å²) in [4.78, 5) is 12.3. The Bertz CT molecular complexity index is 641. The highest BCUT2D eigenvalue weighted by Gasteiger charge is 2.13. The molecule has 0 bridgehead atoms. The van der Waals surface area contributed by atoms with Crippen molar-refractivity contribution < 1.29 is 4.79 Å². The molecule has 0 amide bonds. The van der Waals surface area contributed by atoms with Gasteiger partial charge < -0.3 is 0 Å². The van der Waals surface area contributed by atoms with Gasteiger partial charge in [-0.25, -0.2) is 0 Å². The molecule has 98 valence electrons. The van der Waals surface area contributed by atoms with Crippen LogP contribution in [0.1, 0.15) is 15.9 Å². The first-order valence-electron chi connectivity index (χ1n) is 5.39. The number of Topliss-reactive ketones (excluding diaryl/α,β-unsaturated/α-hetero) is 1. The van der Waals surface area contributed by atoms with Crippen LogP contribution in [0.15, 0.2) is 40.9 Å². The molecule has 19 heavy (non-hydrogen) atoms. The maximum atomic E-state index is 12.3. The second kappa shape index (κ2) is 6.27. The summed E-state index contributed by atoms with van der Waals surface area (Å²) in [6, 6.07) is 10.2. The lowest BCUT2D eigenvalue weighted by Crippen LogP contribution is -2.05. The van der Waals surface area contributed by atoms with Gasteiger partial charge in [0, 0.05) is 31.5 Å². The molecule has 0 aromatic heterocycles. The summed E-state index contributed by atoms with van der Waals surface area (Å²) in [7, 11) is 0. The number of carbonyl (C=O) groups excluding carboxylic acids is 1. The summed E-state index contributed by atoms with van der Waals surface area (Å²) in [5.41, 5.74) is 1.23. The van der Waals surface area contributed by atoms with Crippen molar-refractivity contribution >= 4 is 56.5 Å². The number of rotatable bonds is 3. The molecule has 0 saturated heterocycles. The predicted molar refractivity (Wildman–Crippen MR) is 83.6 cm³/mol. The van der Waals surface area contributed by atoms with Gasteiger partial charge in [0.25, 0.3) is 0 Å². The summed E-state index contributed by atoms with van der Waals surface area (Å²) in [6.07, 6.45) is 0.179. The Morgan fingerprint density at radius 3 is 2.37 bits per heavy atom. The molecule has 0 N–H and O–H groups in total. The van der Waals surface area contributed by atoms with Crippen LogP contribution in [0.2, 0.25) is 15.1 Å². The number of ketones is 1. The zero-order chi connectivity index (χ0) is 14.0. The molecule has 0 heterocycles. The van der Waals surface area contributed by atoms with E-state index < -0.39 is 0 Å². The van der Waals surface area contributed by atoms with Gasteiger partial charge in [0.15, 0.2) is 5.78 Å². The molecule has 2 rings (SSSR count). The fraction of sp³-hybridized carbons (Fsp3) is 0.0714. The Morgan fingerprint density at radius 2 is 1.63 bits per heavy atom. The van der Waals surface area contributed by atoms with Gasteiger partial charge in [-0.3, -0.25) is 4.79 Å². The van der Waals surface area contributed by atoms with Crippen molar-refractivity contribution in [3.63, 3.8) is 0 Å². The molecule has 2 aromatic rings. The maximum Gasteiger partial charge on any atom is 0.168 e. The van der Waals surface area contributed by atoms with E-state index in [0.29, 0.717) is 30.7 Å². The van der Waals surface area contributed by atoms with Crippen LogP contribution >= 0.6 is 50.7 Å². The van der Waals surface area contributed by atoms with Crippen LogP contribution in [0.4, 0.5) is 0 Å². The highest BCUT2D eigenvalue weighted by atomic mass is 79.9. The third kappa shape index (κ3) is 3.73. The van der Waals surface area contributed by atoms with Gasteiger partial charge in [-0.05, 0) is 42.0 Å². The molecule has 1 nitrogen and oxygen atoms in total.